The molecule has 6 aromatic rings. The molecule has 6 atom stereocenters. The van der Waals surface area contributed by atoms with Crippen LogP contribution in [0.1, 0.15) is 74.9 Å². The second-order valence-electron chi connectivity index (χ2n) is 16.1. The average molecular weight is 871 g/mol. The zero-order valence-electron chi connectivity index (χ0n) is 38.0. The molecule has 0 unspecified atom stereocenters. The lowest BCUT2D eigenvalue weighted by molar-refractivity contribution is 0.121. The van der Waals surface area contributed by atoms with Crippen LogP contribution in [-0.2, 0) is 33.6 Å². The summed E-state index contributed by atoms with van der Waals surface area (Å²) in [6.45, 7) is 9.70. The topological polar surface area (TPSA) is 121 Å². The van der Waals surface area contributed by atoms with E-state index < -0.39 is 33.6 Å². The van der Waals surface area contributed by atoms with Gasteiger partial charge in [-0.15, -0.1) is 0 Å². The number of rotatable bonds is 6. The molecule has 0 aliphatic heterocycles. The smallest absolute Gasteiger partial charge is 0.149 e. The molecule has 0 aliphatic carbocycles. The van der Waals surface area contributed by atoms with Crippen molar-refractivity contribution in [2.75, 3.05) is 0 Å². The average Bonchev–Trinajstić information content (AvgIpc) is 3.33. The van der Waals surface area contributed by atoms with Crippen molar-refractivity contribution in [2.24, 2.45) is 0 Å². The molecular weight excluding hydrogens is 817 g/mol. The maximum Gasteiger partial charge on any atom is 0.149 e. The van der Waals surface area contributed by atoms with E-state index in [1.165, 1.54) is 0 Å². The number of aliphatic hydroxyl groups is 6. The molecule has 0 amide bonds. The monoisotopic (exact) mass is 870 g/mol. The molecule has 6 aromatic carbocycles. The van der Waals surface area contributed by atoms with Gasteiger partial charge in [0.05, 0.1) is 0 Å². The summed E-state index contributed by atoms with van der Waals surface area (Å²) in [5.41, 5.74) is -3.37. The van der Waals surface area contributed by atoms with E-state index in [1.54, 1.807) is 41.5 Å². The summed E-state index contributed by atoms with van der Waals surface area (Å²) in [7, 11) is 0. The van der Waals surface area contributed by atoms with Gasteiger partial charge in [-0.1, -0.05) is 182 Å². The molecular formula is C60H54O6. The van der Waals surface area contributed by atoms with Crippen molar-refractivity contribution in [3.63, 3.8) is 0 Å². The van der Waals surface area contributed by atoms with E-state index >= 15 is 0 Å². The Morgan fingerprint density at radius 1 is 0.212 bits per heavy atom. The summed E-state index contributed by atoms with van der Waals surface area (Å²) < 4.78 is 0. The molecule has 6 rings (SSSR count). The van der Waals surface area contributed by atoms with Crippen LogP contribution in [0.2, 0.25) is 0 Å². The third kappa shape index (κ3) is 16.2. The lowest BCUT2D eigenvalue weighted by Crippen LogP contribution is -2.18. The standard InChI is InChI=1S/3C20H18O2/c3*1-19(21,17-11-5-3-6-12-17)15-9-10-16-20(2,22)18-13-7-4-8-14-18/h3*3-8,11-14,21-22H,1-2H3/t3*19-,20+. The molecule has 0 bridgehead atoms. The molecule has 0 radical (unpaired) electrons. The molecule has 66 heavy (non-hydrogen) atoms. The Kier molecular flexibility index (Phi) is 18.1. The first kappa shape index (κ1) is 51.1. The zero-order chi connectivity index (χ0) is 48.2. The maximum atomic E-state index is 10.3. The van der Waals surface area contributed by atoms with Crippen molar-refractivity contribution in [3.8, 4) is 71.0 Å². The molecule has 0 heterocycles. The Morgan fingerprint density at radius 3 is 0.424 bits per heavy atom. The van der Waals surface area contributed by atoms with E-state index in [-0.39, 0.29) is 0 Å². The molecule has 6 heteroatoms. The van der Waals surface area contributed by atoms with Gasteiger partial charge in [-0.3, -0.25) is 0 Å². The fourth-order valence-electron chi connectivity index (χ4n) is 5.93. The number of hydrogen-bond donors (Lipinski definition) is 6. The van der Waals surface area contributed by atoms with E-state index in [0.717, 1.165) is 0 Å². The Bertz CT molecular complexity index is 2330. The third-order valence-corrected chi connectivity index (χ3v) is 10.0. The van der Waals surface area contributed by atoms with Crippen molar-refractivity contribution < 1.29 is 30.6 Å². The summed E-state index contributed by atoms with van der Waals surface area (Å²) in [5, 5.41) is 62.0. The van der Waals surface area contributed by atoms with Gasteiger partial charge < -0.3 is 30.6 Å². The van der Waals surface area contributed by atoms with E-state index in [2.05, 4.69) is 71.0 Å². The van der Waals surface area contributed by atoms with Gasteiger partial charge in [-0.05, 0) is 146 Å². The van der Waals surface area contributed by atoms with Crippen LogP contribution in [0.4, 0.5) is 0 Å². The van der Waals surface area contributed by atoms with Crippen LogP contribution in [0.15, 0.2) is 182 Å². The lowest BCUT2D eigenvalue weighted by atomic mass is 9.96. The molecule has 0 aromatic heterocycles. The molecule has 0 spiro atoms. The quantitative estimate of drug-likeness (QED) is 0.0936. The van der Waals surface area contributed by atoms with Crippen molar-refractivity contribution in [1.82, 2.24) is 0 Å². The van der Waals surface area contributed by atoms with Crippen LogP contribution in [0.5, 0.6) is 0 Å². The van der Waals surface area contributed by atoms with E-state index in [1.807, 2.05) is 182 Å². The molecule has 0 saturated heterocycles. The van der Waals surface area contributed by atoms with Crippen LogP contribution in [0, 0.1) is 71.0 Å². The van der Waals surface area contributed by atoms with Gasteiger partial charge in [0.15, 0.2) is 0 Å². The van der Waals surface area contributed by atoms with Gasteiger partial charge in [-0.2, -0.15) is 0 Å². The van der Waals surface area contributed by atoms with Crippen LogP contribution in [0.3, 0.4) is 0 Å². The van der Waals surface area contributed by atoms with Crippen molar-refractivity contribution in [2.45, 2.75) is 75.1 Å². The highest BCUT2D eigenvalue weighted by atomic mass is 16.3. The highest BCUT2D eigenvalue weighted by molar-refractivity contribution is 5.42. The summed E-state index contributed by atoms with van der Waals surface area (Å²) in [6.07, 6.45) is 0. The largest absolute Gasteiger partial charge is 0.374 e. The first-order chi connectivity index (χ1) is 31.3. The predicted octanol–water partition coefficient (Wildman–Crippen LogP) is 8.43. The van der Waals surface area contributed by atoms with Gasteiger partial charge >= 0.3 is 0 Å². The van der Waals surface area contributed by atoms with Crippen molar-refractivity contribution in [1.29, 1.82) is 0 Å². The van der Waals surface area contributed by atoms with Gasteiger partial charge in [0.1, 0.15) is 33.6 Å². The first-order valence-corrected chi connectivity index (χ1v) is 21.1. The Balaban J connectivity index is 0.000000216. The van der Waals surface area contributed by atoms with Crippen molar-refractivity contribution >= 4 is 0 Å². The van der Waals surface area contributed by atoms with Gasteiger partial charge in [0.2, 0.25) is 0 Å². The molecule has 0 aliphatic rings. The van der Waals surface area contributed by atoms with Gasteiger partial charge in [-0.25, -0.2) is 0 Å². The van der Waals surface area contributed by atoms with Gasteiger partial charge in [0, 0.05) is 0 Å². The van der Waals surface area contributed by atoms with Gasteiger partial charge in [0.25, 0.3) is 0 Å². The zero-order valence-corrected chi connectivity index (χ0v) is 38.0. The molecule has 0 saturated carbocycles. The fourth-order valence-corrected chi connectivity index (χ4v) is 5.93. The lowest BCUT2D eigenvalue weighted by Gasteiger charge is -2.16. The highest BCUT2D eigenvalue weighted by Gasteiger charge is 2.23. The Morgan fingerprint density at radius 2 is 0.318 bits per heavy atom. The molecule has 330 valence electrons. The summed E-state index contributed by atoms with van der Waals surface area (Å²) in [5.74, 6) is 32.1. The minimum absolute atomic E-state index is 0.708. The molecule has 6 N–H and O–H groups in total. The van der Waals surface area contributed by atoms with Crippen LogP contribution < -0.4 is 0 Å². The Hall–Kier alpha value is -7.56. The second kappa shape index (κ2) is 23.4. The number of hydrogen-bond acceptors (Lipinski definition) is 6. The van der Waals surface area contributed by atoms with Crippen LogP contribution in [-0.4, -0.2) is 30.6 Å². The first-order valence-electron chi connectivity index (χ1n) is 21.1. The third-order valence-electron chi connectivity index (χ3n) is 10.0. The molecule has 0 fully saturated rings. The second-order valence-corrected chi connectivity index (χ2v) is 16.1. The summed E-state index contributed by atoms with van der Waals surface area (Å²) in [6, 6.07) is 55.1. The predicted molar refractivity (Wildman–Crippen MR) is 263 cm³/mol. The Labute approximate surface area is 390 Å². The SMILES string of the molecule is C[C@](O)(C#CC#C[C@@](C)(O)c1ccccc1)c1ccccc1.C[C@](O)(C#CC#C[C@@](C)(O)c1ccccc1)c1ccccc1.C[C@](O)(C#CC#C[C@@](C)(O)c1ccccc1)c1ccccc1. The number of benzene rings is 6. The summed E-state index contributed by atoms with van der Waals surface area (Å²) in [4.78, 5) is 0. The highest BCUT2D eigenvalue weighted by Crippen LogP contribution is 2.23. The minimum Gasteiger partial charge on any atom is -0.374 e. The normalized spacial score (nSPS) is 15.3. The molecule has 6 nitrogen and oxygen atoms in total. The van der Waals surface area contributed by atoms with E-state index in [9.17, 15) is 30.6 Å². The van der Waals surface area contributed by atoms with Crippen molar-refractivity contribution in [3.05, 3.63) is 215 Å². The van der Waals surface area contributed by atoms with E-state index in [4.69, 9.17) is 0 Å². The summed E-state index contributed by atoms with van der Waals surface area (Å²) >= 11 is 0. The fraction of sp³-hybridized carbons (Fsp3) is 0.200. The van der Waals surface area contributed by atoms with E-state index in [0.29, 0.717) is 33.4 Å². The van der Waals surface area contributed by atoms with Crippen LogP contribution >= 0.6 is 0 Å². The maximum absolute atomic E-state index is 10.3. The minimum atomic E-state index is -1.27. The van der Waals surface area contributed by atoms with Crippen LogP contribution in [0.25, 0.3) is 0 Å².